The van der Waals surface area contributed by atoms with Gasteiger partial charge in [-0.2, -0.15) is 5.10 Å². The molecule has 0 spiro atoms. The predicted molar refractivity (Wildman–Crippen MR) is 73.3 cm³/mol. The van der Waals surface area contributed by atoms with Crippen LogP contribution >= 0.6 is 0 Å². The third-order valence-electron chi connectivity index (χ3n) is 3.46. The van der Waals surface area contributed by atoms with Crippen molar-refractivity contribution in [3.8, 4) is 5.69 Å². The van der Waals surface area contributed by atoms with Gasteiger partial charge in [0, 0.05) is 26.2 Å². The maximum absolute atomic E-state index is 4.44. The van der Waals surface area contributed by atoms with Crippen molar-refractivity contribution in [2.45, 2.75) is 0 Å². The van der Waals surface area contributed by atoms with E-state index in [0.29, 0.717) is 0 Å². The Labute approximate surface area is 107 Å². The molecule has 2 aromatic rings. The summed E-state index contributed by atoms with van der Waals surface area (Å²) in [7, 11) is 2.17. The third kappa shape index (κ3) is 2.24. The Kier molecular flexibility index (Phi) is 3.02. The maximum Gasteiger partial charge on any atom is 0.0758 e. The molecule has 1 aromatic heterocycles. The van der Waals surface area contributed by atoms with Crippen molar-refractivity contribution in [2.24, 2.45) is 0 Å². The number of anilines is 1. The molecule has 0 atom stereocenters. The molecule has 94 valence electrons. The molecule has 1 aliphatic rings. The van der Waals surface area contributed by atoms with Crippen molar-refractivity contribution >= 4 is 5.69 Å². The molecule has 0 amide bonds. The fourth-order valence-electron chi connectivity index (χ4n) is 2.26. The highest BCUT2D eigenvalue weighted by Gasteiger charge is 2.15. The molecule has 1 aliphatic heterocycles. The van der Waals surface area contributed by atoms with E-state index in [4.69, 9.17) is 0 Å². The first kappa shape index (κ1) is 11.3. The van der Waals surface area contributed by atoms with Crippen LogP contribution in [0.15, 0.2) is 42.7 Å². The molecule has 0 N–H and O–H groups in total. The Hall–Kier alpha value is -1.81. The lowest BCUT2D eigenvalue weighted by molar-refractivity contribution is 0.313. The Bertz CT molecular complexity index is 498. The molecule has 2 heterocycles. The molecule has 0 radical (unpaired) electrons. The Morgan fingerprint density at radius 3 is 2.39 bits per heavy atom. The second-order valence-electron chi connectivity index (χ2n) is 4.77. The third-order valence-corrected chi connectivity index (χ3v) is 3.46. The standard InChI is InChI=1S/C14H18N4/c1-16-7-9-17(10-8-16)14-11-15-18(12-14)13-5-3-2-4-6-13/h2-6,11-12H,7-10H2,1H3. The van der Waals surface area contributed by atoms with Gasteiger partial charge in [0.05, 0.1) is 23.8 Å². The highest BCUT2D eigenvalue weighted by atomic mass is 15.3. The van der Waals surface area contributed by atoms with Gasteiger partial charge in [0.1, 0.15) is 0 Å². The van der Waals surface area contributed by atoms with Gasteiger partial charge < -0.3 is 9.80 Å². The molecule has 1 saturated heterocycles. The van der Waals surface area contributed by atoms with E-state index >= 15 is 0 Å². The zero-order valence-electron chi connectivity index (χ0n) is 10.7. The van der Waals surface area contributed by atoms with Crippen LogP contribution in [0.4, 0.5) is 5.69 Å². The largest absolute Gasteiger partial charge is 0.366 e. The second-order valence-corrected chi connectivity index (χ2v) is 4.77. The van der Waals surface area contributed by atoms with Crippen LogP contribution in [-0.4, -0.2) is 47.9 Å². The predicted octanol–water partition coefficient (Wildman–Crippen LogP) is 1.62. The maximum atomic E-state index is 4.44. The summed E-state index contributed by atoms with van der Waals surface area (Å²) in [5, 5.41) is 4.44. The van der Waals surface area contributed by atoms with E-state index in [9.17, 15) is 0 Å². The smallest absolute Gasteiger partial charge is 0.0758 e. The number of benzene rings is 1. The number of hydrogen-bond donors (Lipinski definition) is 0. The van der Waals surface area contributed by atoms with Gasteiger partial charge in [-0.3, -0.25) is 0 Å². The van der Waals surface area contributed by atoms with Gasteiger partial charge in [-0.05, 0) is 19.2 Å². The zero-order valence-corrected chi connectivity index (χ0v) is 10.7. The van der Waals surface area contributed by atoms with Crippen molar-refractivity contribution < 1.29 is 0 Å². The van der Waals surface area contributed by atoms with Gasteiger partial charge in [0.2, 0.25) is 0 Å². The molecule has 1 fully saturated rings. The van der Waals surface area contributed by atoms with E-state index in [1.807, 2.05) is 29.1 Å². The summed E-state index contributed by atoms with van der Waals surface area (Å²) in [5.41, 5.74) is 2.32. The van der Waals surface area contributed by atoms with Crippen molar-refractivity contribution in [1.29, 1.82) is 0 Å². The molecule has 18 heavy (non-hydrogen) atoms. The van der Waals surface area contributed by atoms with E-state index in [-0.39, 0.29) is 0 Å². The Morgan fingerprint density at radius 1 is 0.944 bits per heavy atom. The van der Waals surface area contributed by atoms with Gasteiger partial charge in [-0.1, -0.05) is 18.2 Å². The summed E-state index contributed by atoms with van der Waals surface area (Å²) in [6.07, 6.45) is 4.07. The van der Waals surface area contributed by atoms with Crippen molar-refractivity contribution in [3.63, 3.8) is 0 Å². The lowest BCUT2D eigenvalue weighted by Crippen LogP contribution is -2.44. The molecule has 0 unspecified atom stereocenters. The van der Waals surface area contributed by atoms with Crippen molar-refractivity contribution in [1.82, 2.24) is 14.7 Å². The van der Waals surface area contributed by atoms with Gasteiger partial charge in [-0.15, -0.1) is 0 Å². The zero-order chi connectivity index (χ0) is 12.4. The van der Waals surface area contributed by atoms with Crippen LogP contribution in [0.2, 0.25) is 0 Å². The molecular weight excluding hydrogens is 224 g/mol. The topological polar surface area (TPSA) is 24.3 Å². The highest BCUT2D eigenvalue weighted by molar-refractivity contribution is 5.45. The van der Waals surface area contributed by atoms with Crippen molar-refractivity contribution in [3.05, 3.63) is 42.7 Å². The van der Waals surface area contributed by atoms with Gasteiger partial charge in [0.15, 0.2) is 0 Å². The molecule has 4 nitrogen and oxygen atoms in total. The van der Waals surface area contributed by atoms with Crippen LogP contribution in [-0.2, 0) is 0 Å². The first-order valence-corrected chi connectivity index (χ1v) is 6.36. The molecule has 1 aromatic carbocycles. The number of nitrogens with zero attached hydrogens (tertiary/aromatic N) is 4. The van der Waals surface area contributed by atoms with Crippen LogP contribution < -0.4 is 4.90 Å². The molecule has 4 heteroatoms. The first-order valence-electron chi connectivity index (χ1n) is 6.36. The lowest BCUT2D eigenvalue weighted by Gasteiger charge is -2.32. The van der Waals surface area contributed by atoms with Crippen LogP contribution in [0, 0.1) is 0 Å². The number of piperazine rings is 1. The summed E-state index contributed by atoms with van der Waals surface area (Å²) < 4.78 is 1.94. The minimum Gasteiger partial charge on any atom is -0.366 e. The number of para-hydroxylation sites is 1. The fraction of sp³-hybridized carbons (Fsp3) is 0.357. The summed E-state index contributed by atoms with van der Waals surface area (Å²) >= 11 is 0. The van der Waals surface area contributed by atoms with Crippen LogP contribution in [0.3, 0.4) is 0 Å². The second kappa shape index (κ2) is 4.82. The number of likely N-dealkylation sites (N-methyl/N-ethyl adjacent to an activating group) is 1. The average Bonchev–Trinajstić information content (AvgIpc) is 2.90. The monoisotopic (exact) mass is 242 g/mol. The van der Waals surface area contributed by atoms with Crippen LogP contribution in [0.1, 0.15) is 0 Å². The Morgan fingerprint density at radius 2 is 1.67 bits per heavy atom. The first-order chi connectivity index (χ1) is 8.83. The fourth-order valence-corrected chi connectivity index (χ4v) is 2.26. The Balaban J connectivity index is 1.78. The van der Waals surface area contributed by atoms with Gasteiger partial charge >= 0.3 is 0 Å². The lowest BCUT2D eigenvalue weighted by atomic mass is 10.3. The number of aromatic nitrogens is 2. The van der Waals surface area contributed by atoms with E-state index in [1.165, 1.54) is 5.69 Å². The minimum atomic E-state index is 1.08. The molecular formula is C14H18N4. The average molecular weight is 242 g/mol. The normalized spacial score (nSPS) is 17.1. The summed E-state index contributed by atoms with van der Waals surface area (Å²) in [5.74, 6) is 0. The number of rotatable bonds is 2. The summed E-state index contributed by atoms with van der Waals surface area (Å²) in [6, 6.07) is 10.2. The van der Waals surface area contributed by atoms with Crippen LogP contribution in [0.5, 0.6) is 0 Å². The van der Waals surface area contributed by atoms with Gasteiger partial charge in [-0.25, -0.2) is 4.68 Å². The van der Waals surface area contributed by atoms with E-state index in [2.05, 4.69) is 40.3 Å². The minimum absolute atomic E-state index is 1.08. The quantitative estimate of drug-likeness (QED) is 0.800. The van der Waals surface area contributed by atoms with Crippen molar-refractivity contribution in [2.75, 3.05) is 38.1 Å². The summed E-state index contributed by atoms with van der Waals surface area (Å²) in [4.78, 5) is 4.75. The van der Waals surface area contributed by atoms with Gasteiger partial charge in [0.25, 0.3) is 0 Å². The van der Waals surface area contributed by atoms with E-state index in [0.717, 1.165) is 31.9 Å². The molecule has 0 saturated carbocycles. The molecule has 0 aliphatic carbocycles. The van der Waals surface area contributed by atoms with Crippen LogP contribution in [0.25, 0.3) is 5.69 Å². The van der Waals surface area contributed by atoms with E-state index in [1.54, 1.807) is 0 Å². The number of hydrogen-bond acceptors (Lipinski definition) is 3. The molecule has 3 rings (SSSR count). The molecule has 0 bridgehead atoms. The van der Waals surface area contributed by atoms with E-state index < -0.39 is 0 Å². The summed E-state index contributed by atoms with van der Waals surface area (Å²) in [6.45, 7) is 4.40. The SMILES string of the molecule is CN1CCN(c2cnn(-c3ccccc3)c2)CC1. The highest BCUT2D eigenvalue weighted by Crippen LogP contribution is 2.17.